The van der Waals surface area contributed by atoms with Crippen LogP contribution < -0.4 is 10.6 Å². The van der Waals surface area contributed by atoms with Crippen LogP contribution in [0.1, 0.15) is 96.3 Å². The second-order valence-corrected chi connectivity index (χ2v) is 11.2. The summed E-state index contributed by atoms with van der Waals surface area (Å²) in [6.45, 7) is 5.68. The van der Waals surface area contributed by atoms with Crippen LogP contribution >= 0.6 is 12.4 Å². The first kappa shape index (κ1) is 32.6. The van der Waals surface area contributed by atoms with Gasteiger partial charge in [0.15, 0.2) is 0 Å². The van der Waals surface area contributed by atoms with E-state index in [0.29, 0.717) is 40.8 Å². The summed E-state index contributed by atoms with van der Waals surface area (Å²) in [7, 11) is 0. The number of halogens is 2. The van der Waals surface area contributed by atoms with Crippen LogP contribution in [0.5, 0.6) is 0 Å². The van der Waals surface area contributed by atoms with Crippen molar-refractivity contribution in [3.8, 4) is 0 Å². The van der Waals surface area contributed by atoms with Crippen molar-refractivity contribution in [3.63, 3.8) is 0 Å². The molecular formula is C32H41ClFN5O4. The molecule has 3 heterocycles. The molecule has 1 saturated heterocycles. The first-order chi connectivity index (χ1) is 20.5. The molecule has 2 aliphatic rings. The fraction of sp³-hybridized carbons (Fsp3) is 0.500. The van der Waals surface area contributed by atoms with Gasteiger partial charge in [-0.05, 0) is 36.2 Å². The van der Waals surface area contributed by atoms with E-state index >= 15 is 0 Å². The first-order valence-electron chi connectivity index (χ1n) is 15.2. The van der Waals surface area contributed by atoms with Gasteiger partial charge in [-0.25, -0.2) is 9.18 Å². The van der Waals surface area contributed by atoms with E-state index in [0.717, 1.165) is 51.0 Å². The highest BCUT2D eigenvalue weighted by atomic mass is 35.5. The van der Waals surface area contributed by atoms with E-state index in [1.165, 1.54) is 48.9 Å². The van der Waals surface area contributed by atoms with Crippen LogP contribution in [0.25, 0.3) is 10.9 Å². The zero-order valence-electron chi connectivity index (χ0n) is 24.7. The van der Waals surface area contributed by atoms with Crippen LogP contribution in [0.15, 0.2) is 36.4 Å². The maximum Gasteiger partial charge on any atom is 0.435 e. The largest absolute Gasteiger partial charge is 0.448 e. The number of ether oxygens (including phenoxy) is 1. The molecule has 1 aromatic heterocycles. The zero-order chi connectivity index (χ0) is 29.5. The Bertz CT molecular complexity index is 1440. The van der Waals surface area contributed by atoms with Crippen LogP contribution in [0, 0.1) is 5.82 Å². The highest BCUT2D eigenvalue weighted by Gasteiger charge is 2.31. The molecule has 0 aliphatic carbocycles. The Kier molecular flexibility index (Phi) is 11.7. The number of nitrogens with one attached hydrogen (secondary N) is 2. The van der Waals surface area contributed by atoms with Gasteiger partial charge in [0.1, 0.15) is 5.82 Å². The summed E-state index contributed by atoms with van der Waals surface area (Å²) in [4.78, 5) is 39.9. The highest BCUT2D eigenvalue weighted by Crippen LogP contribution is 2.31. The molecule has 0 bridgehead atoms. The Morgan fingerprint density at radius 3 is 2.40 bits per heavy atom. The van der Waals surface area contributed by atoms with Crippen molar-refractivity contribution in [2.45, 2.75) is 70.8 Å². The number of carbonyl (C=O) groups excluding carboxylic acids is 3. The van der Waals surface area contributed by atoms with Gasteiger partial charge >= 0.3 is 6.09 Å². The summed E-state index contributed by atoms with van der Waals surface area (Å²) < 4.78 is 21.1. The van der Waals surface area contributed by atoms with E-state index in [4.69, 9.17) is 4.74 Å². The van der Waals surface area contributed by atoms with Crippen LogP contribution in [-0.4, -0.2) is 65.4 Å². The number of piperazine rings is 1. The Hall–Kier alpha value is -3.34. The third kappa shape index (κ3) is 7.79. The number of benzene rings is 2. The predicted octanol–water partition coefficient (Wildman–Crippen LogP) is 5.80. The summed E-state index contributed by atoms with van der Waals surface area (Å²) >= 11 is 0. The lowest BCUT2D eigenvalue weighted by Crippen LogP contribution is -2.45. The minimum Gasteiger partial charge on any atom is -0.448 e. The van der Waals surface area contributed by atoms with Gasteiger partial charge in [0.25, 0.3) is 11.8 Å². The minimum atomic E-state index is -0.619. The van der Waals surface area contributed by atoms with Gasteiger partial charge in [0.05, 0.1) is 28.9 Å². The molecule has 2 N–H and O–H groups in total. The second kappa shape index (κ2) is 15.4. The number of nitrogens with zero attached hydrogens (tertiary/aromatic N) is 3. The molecule has 0 saturated carbocycles. The maximum atomic E-state index is 14.3. The number of rotatable bonds is 13. The Labute approximate surface area is 257 Å². The molecule has 43 heavy (non-hydrogen) atoms. The number of hydrogen-bond acceptors (Lipinski definition) is 7. The van der Waals surface area contributed by atoms with E-state index in [-0.39, 0.29) is 18.4 Å². The van der Waals surface area contributed by atoms with E-state index in [1.54, 1.807) is 18.2 Å². The summed E-state index contributed by atoms with van der Waals surface area (Å²) in [5, 5.41) is 11.0. The third-order valence-electron chi connectivity index (χ3n) is 8.24. The number of fused-ring (bicyclic) bond motifs is 2. The molecule has 9 nitrogen and oxygen atoms in total. The lowest BCUT2D eigenvalue weighted by molar-refractivity contribution is 0.0879. The molecule has 3 aromatic rings. The standard InChI is InChI=1S/C32H40FN5O4.ClH/c1-2-3-4-5-6-7-8-9-18-42-32(41)38-29-20-23(33)11-13-25(29)27(36-38)21-28(37-16-14-34-15-17-37)22-10-12-24-26(19-22)31(40)35-30(24)39;/h10-13,19-20,28,34H,2-9,14-18,21H2,1H3,(H,35,39,40);1H. The Morgan fingerprint density at radius 2 is 1.65 bits per heavy atom. The lowest BCUT2D eigenvalue weighted by atomic mass is 9.95. The number of aromatic nitrogens is 2. The van der Waals surface area contributed by atoms with Crippen LogP contribution in [0.4, 0.5) is 9.18 Å². The maximum absolute atomic E-state index is 14.3. The van der Waals surface area contributed by atoms with Gasteiger partial charge in [-0.2, -0.15) is 9.78 Å². The Morgan fingerprint density at radius 1 is 0.953 bits per heavy atom. The van der Waals surface area contributed by atoms with Crippen LogP contribution in [-0.2, 0) is 11.2 Å². The molecule has 2 amide bonds. The highest BCUT2D eigenvalue weighted by molar-refractivity contribution is 6.21. The molecule has 11 heteroatoms. The van der Waals surface area contributed by atoms with Gasteiger partial charge in [0.2, 0.25) is 0 Å². The number of amides is 2. The topological polar surface area (TPSA) is 106 Å². The predicted molar refractivity (Wildman–Crippen MR) is 165 cm³/mol. The fourth-order valence-corrected chi connectivity index (χ4v) is 5.93. The number of unbranched alkanes of at least 4 members (excludes halogenated alkanes) is 7. The van der Waals surface area contributed by atoms with Crippen LogP contribution in [0.3, 0.4) is 0 Å². The van der Waals surface area contributed by atoms with Crippen molar-refractivity contribution in [3.05, 3.63) is 64.6 Å². The quantitative estimate of drug-likeness (QED) is 0.186. The van der Waals surface area contributed by atoms with E-state index in [1.807, 2.05) is 6.07 Å². The minimum absolute atomic E-state index is 0. The molecule has 2 aromatic carbocycles. The molecule has 0 spiro atoms. The summed E-state index contributed by atoms with van der Waals surface area (Å²) in [6.07, 6.45) is 8.91. The molecule has 232 valence electrons. The fourth-order valence-electron chi connectivity index (χ4n) is 5.93. The molecule has 1 atom stereocenters. The van der Waals surface area contributed by atoms with Gasteiger partial charge < -0.3 is 10.1 Å². The smallest absolute Gasteiger partial charge is 0.435 e. The van der Waals surface area contributed by atoms with Gasteiger partial charge in [0, 0.05) is 50.1 Å². The average molecular weight is 614 g/mol. The van der Waals surface area contributed by atoms with Gasteiger partial charge in [-0.15, -0.1) is 12.4 Å². The van der Waals surface area contributed by atoms with Crippen LogP contribution in [0.2, 0.25) is 0 Å². The SMILES string of the molecule is CCCCCCCCCCOC(=O)n1nc(CC(c2ccc3c(c2)C(=O)NC3=O)N2CCNCC2)c2ccc(F)cc21.Cl. The zero-order valence-corrected chi connectivity index (χ0v) is 25.5. The third-order valence-corrected chi connectivity index (χ3v) is 8.24. The van der Waals surface area contributed by atoms with Crippen molar-refractivity contribution < 1.29 is 23.5 Å². The number of imide groups is 1. The Balaban J connectivity index is 0.00000423. The number of carbonyl (C=O) groups is 3. The average Bonchev–Trinajstić information content (AvgIpc) is 3.50. The molecule has 1 fully saturated rings. The van der Waals surface area contributed by atoms with Crippen molar-refractivity contribution in [1.29, 1.82) is 0 Å². The first-order valence-corrected chi connectivity index (χ1v) is 15.2. The van der Waals surface area contributed by atoms with E-state index in [9.17, 15) is 18.8 Å². The monoisotopic (exact) mass is 613 g/mol. The lowest BCUT2D eigenvalue weighted by Gasteiger charge is -2.35. The molecule has 0 radical (unpaired) electrons. The summed E-state index contributed by atoms with van der Waals surface area (Å²) in [5.41, 5.74) is 2.61. The van der Waals surface area contributed by atoms with E-state index < -0.39 is 23.7 Å². The van der Waals surface area contributed by atoms with Crippen molar-refractivity contribution in [2.24, 2.45) is 0 Å². The summed E-state index contributed by atoms with van der Waals surface area (Å²) in [5.74, 6) is -1.25. The van der Waals surface area contributed by atoms with Crippen molar-refractivity contribution in [2.75, 3.05) is 32.8 Å². The van der Waals surface area contributed by atoms with Gasteiger partial charge in [-0.1, -0.05) is 57.9 Å². The molecule has 1 unspecified atom stereocenters. The second-order valence-electron chi connectivity index (χ2n) is 11.2. The van der Waals surface area contributed by atoms with Crippen molar-refractivity contribution >= 4 is 41.2 Å². The molecule has 2 aliphatic heterocycles. The van der Waals surface area contributed by atoms with E-state index in [2.05, 4.69) is 27.6 Å². The number of hydrogen-bond donors (Lipinski definition) is 2. The molecule has 5 rings (SSSR count). The molecular weight excluding hydrogens is 573 g/mol. The normalized spacial score (nSPS) is 15.7. The van der Waals surface area contributed by atoms with Crippen molar-refractivity contribution in [1.82, 2.24) is 25.3 Å². The van der Waals surface area contributed by atoms with Gasteiger partial charge in [-0.3, -0.25) is 19.8 Å². The summed E-state index contributed by atoms with van der Waals surface area (Å²) in [6, 6.07) is 9.50.